The molecule has 0 radical (unpaired) electrons. The Kier molecular flexibility index (Phi) is 2.65. The van der Waals surface area contributed by atoms with Crippen LogP contribution in [0, 0.1) is 12.8 Å². The van der Waals surface area contributed by atoms with E-state index in [1.165, 1.54) is 5.69 Å². The van der Waals surface area contributed by atoms with E-state index < -0.39 is 0 Å². The zero-order valence-electron chi connectivity index (χ0n) is 7.86. The van der Waals surface area contributed by atoms with Crippen LogP contribution in [0.2, 0.25) is 0 Å². The van der Waals surface area contributed by atoms with Crippen LogP contribution < -0.4 is 0 Å². The lowest BCUT2D eigenvalue weighted by molar-refractivity contribution is 0.177. The Morgan fingerprint density at radius 3 is 3.00 bits per heavy atom. The lowest BCUT2D eigenvalue weighted by Gasteiger charge is -2.05. The van der Waals surface area contributed by atoms with Gasteiger partial charge in [-0.25, -0.2) is 4.98 Å². The molecule has 1 saturated carbocycles. The van der Waals surface area contributed by atoms with Gasteiger partial charge in [-0.2, -0.15) is 0 Å². The Labute approximate surface area is 82.6 Å². The van der Waals surface area contributed by atoms with Crippen molar-refractivity contribution >= 4 is 11.3 Å². The fraction of sp³-hybridized carbons (Fsp3) is 0.700. The minimum Gasteiger partial charge on any atom is -0.393 e. The standard InChI is InChI=1S/C10H15NOS/c1-7-11-9(6-13-7)4-8-2-3-10(12)5-8/h6,8,10,12H,2-5H2,1H3. The molecule has 0 aliphatic heterocycles. The van der Waals surface area contributed by atoms with E-state index in [-0.39, 0.29) is 6.10 Å². The van der Waals surface area contributed by atoms with E-state index in [2.05, 4.69) is 10.4 Å². The average Bonchev–Trinajstić information content (AvgIpc) is 2.62. The monoisotopic (exact) mass is 197 g/mol. The SMILES string of the molecule is Cc1nc(CC2CCC(O)C2)cs1. The smallest absolute Gasteiger partial charge is 0.0897 e. The summed E-state index contributed by atoms with van der Waals surface area (Å²) in [5.41, 5.74) is 1.21. The molecule has 3 heteroatoms. The molecular weight excluding hydrogens is 182 g/mol. The summed E-state index contributed by atoms with van der Waals surface area (Å²) in [5.74, 6) is 0.663. The van der Waals surface area contributed by atoms with Gasteiger partial charge in [-0.3, -0.25) is 0 Å². The van der Waals surface area contributed by atoms with Gasteiger partial charge < -0.3 is 5.11 Å². The first-order chi connectivity index (χ1) is 6.24. The molecule has 1 aromatic heterocycles. The Bertz CT molecular complexity index is 284. The van der Waals surface area contributed by atoms with Gasteiger partial charge in [-0.05, 0) is 38.5 Å². The van der Waals surface area contributed by atoms with Crippen molar-refractivity contribution in [1.82, 2.24) is 4.98 Å². The maximum atomic E-state index is 9.37. The van der Waals surface area contributed by atoms with Gasteiger partial charge >= 0.3 is 0 Å². The van der Waals surface area contributed by atoms with Gasteiger partial charge in [0, 0.05) is 5.38 Å². The summed E-state index contributed by atoms with van der Waals surface area (Å²) in [6, 6.07) is 0. The van der Waals surface area contributed by atoms with Gasteiger partial charge in [0.05, 0.1) is 16.8 Å². The predicted octanol–water partition coefficient (Wildman–Crippen LogP) is 2.16. The summed E-state index contributed by atoms with van der Waals surface area (Å²) in [5, 5.41) is 12.7. The van der Waals surface area contributed by atoms with E-state index in [9.17, 15) is 5.11 Å². The van der Waals surface area contributed by atoms with Crippen molar-refractivity contribution in [2.75, 3.05) is 0 Å². The van der Waals surface area contributed by atoms with Crippen LogP contribution in [0.5, 0.6) is 0 Å². The van der Waals surface area contributed by atoms with E-state index in [4.69, 9.17) is 0 Å². The summed E-state index contributed by atoms with van der Waals surface area (Å²) in [6.07, 6.45) is 4.12. The molecule has 0 amide bonds. The van der Waals surface area contributed by atoms with Gasteiger partial charge in [0.1, 0.15) is 0 Å². The van der Waals surface area contributed by atoms with Gasteiger partial charge in [-0.1, -0.05) is 0 Å². The second-order valence-electron chi connectivity index (χ2n) is 3.89. The van der Waals surface area contributed by atoms with Crippen LogP contribution in [-0.4, -0.2) is 16.2 Å². The van der Waals surface area contributed by atoms with Crippen molar-refractivity contribution in [1.29, 1.82) is 0 Å². The zero-order valence-corrected chi connectivity index (χ0v) is 8.68. The van der Waals surface area contributed by atoms with Crippen LogP contribution in [0.25, 0.3) is 0 Å². The first-order valence-corrected chi connectivity index (χ1v) is 5.71. The number of hydrogen-bond donors (Lipinski definition) is 1. The maximum Gasteiger partial charge on any atom is 0.0897 e. The number of aliphatic hydroxyl groups excluding tert-OH is 1. The average molecular weight is 197 g/mol. The summed E-state index contributed by atoms with van der Waals surface area (Å²) in [7, 11) is 0. The quantitative estimate of drug-likeness (QED) is 0.788. The van der Waals surface area contributed by atoms with E-state index in [0.717, 1.165) is 30.7 Å². The highest BCUT2D eigenvalue weighted by Gasteiger charge is 2.23. The third kappa shape index (κ3) is 2.29. The fourth-order valence-electron chi connectivity index (χ4n) is 2.03. The van der Waals surface area contributed by atoms with Crippen molar-refractivity contribution in [2.45, 2.75) is 38.7 Å². The van der Waals surface area contributed by atoms with Crippen molar-refractivity contribution in [3.8, 4) is 0 Å². The Hall–Kier alpha value is -0.410. The number of aromatic nitrogens is 1. The minimum absolute atomic E-state index is 0.0512. The lowest BCUT2D eigenvalue weighted by atomic mass is 10.0. The van der Waals surface area contributed by atoms with E-state index in [1.54, 1.807) is 11.3 Å². The van der Waals surface area contributed by atoms with Crippen molar-refractivity contribution < 1.29 is 5.11 Å². The largest absolute Gasteiger partial charge is 0.393 e. The van der Waals surface area contributed by atoms with Crippen molar-refractivity contribution in [3.05, 3.63) is 16.1 Å². The summed E-state index contributed by atoms with van der Waals surface area (Å²) < 4.78 is 0. The molecule has 1 aliphatic rings. The second kappa shape index (κ2) is 3.76. The number of thiazole rings is 1. The Morgan fingerprint density at radius 2 is 2.46 bits per heavy atom. The highest BCUT2D eigenvalue weighted by molar-refractivity contribution is 7.09. The molecule has 1 heterocycles. The van der Waals surface area contributed by atoms with Crippen molar-refractivity contribution in [2.24, 2.45) is 5.92 Å². The van der Waals surface area contributed by atoms with E-state index in [0.29, 0.717) is 5.92 Å². The van der Waals surface area contributed by atoms with Crippen LogP contribution in [0.4, 0.5) is 0 Å². The van der Waals surface area contributed by atoms with Crippen LogP contribution in [0.3, 0.4) is 0 Å². The molecule has 1 aromatic rings. The molecule has 13 heavy (non-hydrogen) atoms. The van der Waals surface area contributed by atoms with Gasteiger partial charge in [0.2, 0.25) is 0 Å². The van der Waals surface area contributed by atoms with Gasteiger partial charge in [-0.15, -0.1) is 11.3 Å². The second-order valence-corrected chi connectivity index (χ2v) is 4.96. The molecule has 0 spiro atoms. The van der Waals surface area contributed by atoms with Crippen molar-refractivity contribution in [3.63, 3.8) is 0 Å². The highest BCUT2D eigenvalue weighted by Crippen LogP contribution is 2.28. The molecule has 0 aromatic carbocycles. The van der Waals surface area contributed by atoms with Crippen LogP contribution in [-0.2, 0) is 6.42 Å². The molecule has 2 nitrogen and oxygen atoms in total. The lowest BCUT2D eigenvalue weighted by Crippen LogP contribution is -2.03. The molecule has 72 valence electrons. The van der Waals surface area contributed by atoms with Crippen LogP contribution in [0.15, 0.2) is 5.38 Å². The number of nitrogens with zero attached hydrogens (tertiary/aromatic N) is 1. The number of rotatable bonds is 2. The summed E-state index contributed by atoms with van der Waals surface area (Å²) >= 11 is 1.71. The molecule has 1 aliphatic carbocycles. The van der Waals surface area contributed by atoms with E-state index in [1.807, 2.05) is 6.92 Å². The summed E-state index contributed by atoms with van der Waals surface area (Å²) in [4.78, 5) is 4.44. The zero-order chi connectivity index (χ0) is 9.26. The van der Waals surface area contributed by atoms with Crippen LogP contribution in [0.1, 0.15) is 30.0 Å². The molecular formula is C10H15NOS. The first-order valence-electron chi connectivity index (χ1n) is 4.83. The van der Waals surface area contributed by atoms with Gasteiger partial charge in [0.15, 0.2) is 0 Å². The molecule has 2 rings (SSSR count). The molecule has 2 atom stereocenters. The molecule has 0 saturated heterocycles. The normalized spacial score (nSPS) is 28.2. The predicted molar refractivity (Wildman–Crippen MR) is 53.9 cm³/mol. The van der Waals surface area contributed by atoms with Gasteiger partial charge in [0.25, 0.3) is 0 Å². The molecule has 1 N–H and O–H groups in total. The minimum atomic E-state index is -0.0512. The molecule has 2 unspecified atom stereocenters. The molecule has 0 bridgehead atoms. The molecule has 1 fully saturated rings. The topological polar surface area (TPSA) is 33.1 Å². The number of aryl methyl sites for hydroxylation is 1. The van der Waals surface area contributed by atoms with Crippen LogP contribution >= 0.6 is 11.3 Å². The number of hydrogen-bond acceptors (Lipinski definition) is 3. The fourth-order valence-corrected chi connectivity index (χ4v) is 2.66. The number of aliphatic hydroxyl groups is 1. The van der Waals surface area contributed by atoms with E-state index >= 15 is 0 Å². The summed E-state index contributed by atoms with van der Waals surface area (Å²) in [6.45, 7) is 2.04. The third-order valence-electron chi connectivity index (χ3n) is 2.68. The Balaban J connectivity index is 1.91. The third-order valence-corrected chi connectivity index (χ3v) is 3.50. The maximum absolute atomic E-state index is 9.37. The first kappa shape index (κ1) is 9.16. The Morgan fingerprint density at radius 1 is 1.62 bits per heavy atom. The highest BCUT2D eigenvalue weighted by atomic mass is 32.1.